The van der Waals surface area contributed by atoms with E-state index in [9.17, 15) is 14.4 Å². The summed E-state index contributed by atoms with van der Waals surface area (Å²) in [5, 5.41) is 3.57. The summed E-state index contributed by atoms with van der Waals surface area (Å²) in [6.07, 6.45) is 9.04. The summed E-state index contributed by atoms with van der Waals surface area (Å²) >= 11 is 0. The van der Waals surface area contributed by atoms with Crippen LogP contribution in [0.5, 0.6) is 0 Å². The third kappa shape index (κ3) is 4.40. The minimum absolute atomic E-state index is 0.130. The number of rotatable bonds is 6. The number of hydrogen-bond donors (Lipinski definition) is 2. The average Bonchev–Trinajstić information content (AvgIpc) is 2.98. The summed E-state index contributed by atoms with van der Waals surface area (Å²) in [6.45, 7) is 2.39. The number of hydrogen-bond acceptors (Lipinski definition) is 4. The quantitative estimate of drug-likeness (QED) is 0.419. The second-order valence-electron chi connectivity index (χ2n) is 8.42. The summed E-state index contributed by atoms with van der Waals surface area (Å²) in [4.78, 5) is 47.6. The average molecular weight is 423 g/mol. The monoisotopic (exact) mass is 422 g/mol. The standard InChI is InChI=1S/C24H30N4O3/c1-2-19(25-14-13-16-15-26-20-12-8-7-11-18(16)20)21-22(29)27-24(31)28(23(21)30)17-9-5-3-4-6-10-17/h7-8,11-12,15,17,21,26H,2-6,9-10,13-14H2,1H3,(H,27,29,31). The van der Waals surface area contributed by atoms with Gasteiger partial charge in [0.15, 0.2) is 5.92 Å². The summed E-state index contributed by atoms with van der Waals surface area (Å²) in [6, 6.07) is 7.39. The Labute approximate surface area is 182 Å². The SMILES string of the molecule is CCC(=NCCc1c[nH]c2ccccc12)C1C(=O)NC(=O)N(C2CCCCCC2)C1=O. The highest BCUT2D eigenvalue weighted by atomic mass is 16.2. The number of aliphatic imine (C=N–C) groups is 1. The van der Waals surface area contributed by atoms with Crippen molar-refractivity contribution in [3.63, 3.8) is 0 Å². The van der Waals surface area contributed by atoms with Gasteiger partial charge in [-0.1, -0.05) is 50.8 Å². The van der Waals surface area contributed by atoms with Crippen LogP contribution in [-0.2, 0) is 16.0 Å². The van der Waals surface area contributed by atoms with Crippen LogP contribution in [0.25, 0.3) is 10.9 Å². The topological polar surface area (TPSA) is 94.6 Å². The molecule has 1 aliphatic heterocycles. The van der Waals surface area contributed by atoms with Crippen molar-refractivity contribution in [3.05, 3.63) is 36.0 Å². The molecule has 1 atom stereocenters. The molecule has 2 N–H and O–H groups in total. The van der Waals surface area contributed by atoms with E-state index < -0.39 is 23.8 Å². The number of carbonyl (C=O) groups is 3. The molecule has 2 fully saturated rings. The van der Waals surface area contributed by atoms with E-state index in [-0.39, 0.29) is 6.04 Å². The maximum Gasteiger partial charge on any atom is 0.331 e. The van der Waals surface area contributed by atoms with Crippen molar-refractivity contribution < 1.29 is 14.4 Å². The van der Waals surface area contributed by atoms with Gasteiger partial charge < -0.3 is 4.98 Å². The summed E-state index contributed by atoms with van der Waals surface area (Å²) in [5.41, 5.74) is 2.79. The molecule has 2 aliphatic rings. The van der Waals surface area contributed by atoms with Crippen LogP contribution in [-0.4, -0.2) is 46.0 Å². The first-order valence-corrected chi connectivity index (χ1v) is 11.4. The lowest BCUT2D eigenvalue weighted by Gasteiger charge is -2.35. The Balaban J connectivity index is 1.51. The fourth-order valence-corrected chi connectivity index (χ4v) is 4.81. The molecule has 4 rings (SSSR count). The van der Waals surface area contributed by atoms with E-state index >= 15 is 0 Å². The molecule has 164 valence electrons. The molecule has 7 nitrogen and oxygen atoms in total. The highest BCUT2D eigenvalue weighted by Crippen LogP contribution is 2.26. The summed E-state index contributed by atoms with van der Waals surface area (Å²) < 4.78 is 0. The molecule has 1 saturated heterocycles. The number of H-pyrrole nitrogens is 1. The minimum Gasteiger partial charge on any atom is -0.361 e. The second kappa shape index (κ2) is 9.45. The van der Waals surface area contributed by atoms with Crippen LogP contribution in [0.4, 0.5) is 4.79 Å². The number of nitrogens with zero attached hydrogens (tertiary/aromatic N) is 2. The Bertz CT molecular complexity index is 1000. The molecular weight excluding hydrogens is 392 g/mol. The van der Waals surface area contributed by atoms with E-state index in [0.717, 1.165) is 55.0 Å². The molecular formula is C24H30N4O3. The van der Waals surface area contributed by atoms with Gasteiger partial charge in [0.25, 0.3) is 0 Å². The maximum atomic E-state index is 13.3. The van der Waals surface area contributed by atoms with Gasteiger partial charge in [-0.2, -0.15) is 0 Å². The maximum absolute atomic E-state index is 13.3. The first-order valence-electron chi connectivity index (χ1n) is 11.4. The van der Waals surface area contributed by atoms with Crippen LogP contribution in [0, 0.1) is 5.92 Å². The first-order chi connectivity index (χ1) is 15.1. The van der Waals surface area contributed by atoms with Crippen molar-refractivity contribution in [2.24, 2.45) is 10.9 Å². The number of fused-ring (bicyclic) bond motifs is 1. The largest absolute Gasteiger partial charge is 0.361 e. The Kier molecular flexibility index (Phi) is 6.49. The Morgan fingerprint density at radius 3 is 2.58 bits per heavy atom. The highest BCUT2D eigenvalue weighted by Gasteiger charge is 2.45. The zero-order valence-corrected chi connectivity index (χ0v) is 18.0. The van der Waals surface area contributed by atoms with Crippen molar-refractivity contribution in [1.29, 1.82) is 0 Å². The number of carbonyl (C=O) groups excluding carboxylic acids is 3. The minimum atomic E-state index is -1.01. The molecule has 1 saturated carbocycles. The predicted octanol–water partition coefficient (Wildman–Crippen LogP) is 3.98. The predicted molar refractivity (Wildman–Crippen MR) is 120 cm³/mol. The van der Waals surface area contributed by atoms with E-state index in [1.165, 1.54) is 4.90 Å². The molecule has 0 bridgehead atoms. The van der Waals surface area contributed by atoms with Crippen molar-refractivity contribution >= 4 is 34.5 Å². The van der Waals surface area contributed by atoms with E-state index in [4.69, 9.17) is 0 Å². The van der Waals surface area contributed by atoms with Crippen LogP contribution in [0.15, 0.2) is 35.5 Å². The molecule has 2 aromatic rings. The molecule has 0 spiro atoms. The van der Waals surface area contributed by atoms with Gasteiger partial charge in [-0.15, -0.1) is 0 Å². The van der Waals surface area contributed by atoms with Crippen molar-refractivity contribution in [3.8, 4) is 0 Å². The number of aromatic nitrogens is 1. The lowest BCUT2D eigenvalue weighted by molar-refractivity contribution is -0.141. The van der Waals surface area contributed by atoms with Crippen LogP contribution in [0.3, 0.4) is 0 Å². The normalized spacial score (nSPS) is 21.5. The smallest absolute Gasteiger partial charge is 0.331 e. The number of para-hydroxylation sites is 1. The Hall–Kier alpha value is -2.96. The molecule has 1 unspecified atom stereocenters. The molecule has 1 aliphatic carbocycles. The van der Waals surface area contributed by atoms with Gasteiger partial charge in [0, 0.05) is 35.4 Å². The van der Waals surface area contributed by atoms with Crippen molar-refractivity contribution in [2.75, 3.05) is 6.54 Å². The van der Waals surface area contributed by atoms with Crippen molar-refractivity contribution in [2.45, 2.75) is 64.3 Å². The number of nitrogens with one attached hydrogen (secondary N) is 2. The van der Waals surface area contributed by atoms with Crippen LogP contribution >= 0.6 is 0 Å². The second-order valence-corrected chi connectivity index (χ2v) is 8.42. The Morgan fingerprint density at radius 1 is 1.10 bits per heavy atom. The van der Waals surface area contributed by atoms with Gasteiger partial charge in [-0.05, 0) is 37.3 Å². The molecule has 2 heterocycles. The number of barbiturate groups is 1. The highest BCUT2D eigenvalue weighted by molar-refractivity contribution is 6.27. The Morgan fingerprint density at radius 2 is 1.84 bits per heavy atom. The van der Waals surface area contributed by atoms with Crippen LogP contribution in [0.1, 0.15) is 57.4 Å². The number of urea groups is 1. The number of aromatic amines is 1. The lowest BCUT2D eigenvalue weighted by atomic mass is 9.94. The van der Waals surface area contributed by atoms with E-state index in [1.54, 1.807) is 0 Å². The molecule has 4 amide bonds. The van der Waals surface area contributed by atoms with Crippen LogP contribution in [0.2, 0.25) is 0 Å². The van der Waals surface area contributed by atoms with E-state index in [2.05, 4.69) is 21.4 Å². The third-order valence-corrected chi connectivity index (χ3v) is 6.45. The third-order valence-electron chi connectivity index (χ3n) is 6.45. The molecule has 1 aromatic carbocycles. The van der Waals surface area contributed by atoms with Gasteiger partial charge in [0.1, 0.15) is 0 Å². The molecule has 7 heteroatoms. The molecule has 0 radical (unpaired) electrons. The van der Waals surface area contributed by atoms with Gasteiger partial charge in [0.2, 0.25) is 11.8 Å². The van der Waals surface area contributed by atoms with Gasteiger partial charge >= 0.3 is 6.03 Å². The van der Waals surface area contributed by atoms with Crippen molar-refractivity contribution in [1.82, 2.24) is 15.2 Å². The lowest BCUT2D eigenvalue weighted by Crippen LogP contribution is -2.62. The molecule has 1 aromatic heterocycles. The number of benzene rings is 1. The van der Waals surface area contributed by atoms with E-state index in [1.807, 2.05) is 31.3 Å². The van der Waals surface area contributed by atoms with E-state index in [0.29, 0.717) is 25.1 Å². The zero-order chi connectivity index (χ0) is 21.8. The van der Waals surface area contributed by atoms with Gasteiger partial charge in [0.05, 0.1) is 0 Å². The van der Waals surface area contributed by atoms with Crippen LogP contribution < -0.4 is 5.32 Å². The summed E-state index contributed by atoms with van der Waals surface area (Å²) in [5.74, 6) is -1.96. The zero-order valence-electron chi connectivity index (χ0n) is 18.0. The van der Waals surface area contributed by atoms with Gasteiger partial charge in [-0.25, -0.2) is 4.79 Å². The van der Waals surface area contributed by atoms with Gasteiger partial charge in [-0.3, -0.25) is 24.8 Å². The fraction of sp³-hybridized carbons (Fsp3) is 0.500. The first kappa shape index (κ1) is 21.3. The summed E-state index contributed by atoms with van der Waals surface area (Å²) in [7, 11) is 0. The number of imide groups is 2. The number of amides is 4. The fourth-order valence-electron chi connectivity index (χ4n) is 4.81. The molecule has 31 heavy (non-hydrogen) atoms.